The van der Waals surface area contributed by atoms with Crippen LogP contribution in [-0.2, 0) is 6.54 Å². The normalized spacial score (nSPS) is 15.6. The van der Waals surface area contributed by atoms with Crippen LogP contribution in [0.4, 0.5) is 0 Å². The summed E-state index contributed by atoms with van der Waals surface area (Å²) in [6.45, 7) is 4.22. The number of carbonyl (C=O) groups is 1. The molecule has 25 heavy (non-hydrogen) atoms. The van der Waals surface area contributed by atoms with Gasteiger partial charge in [-0.05, 0) is 17.7 Å². The molecule has 2 aromatic rings. The first-order chi connectivity index (χ1) is 12.1. The third-order valence-electron chi connectivity index (χ3n) is 4.25. The number of hydrazone groups is 1. The molecule has 0 unspecified atom stereocenters. The molecule has 130 valence electrons. The zero-order valence-electron chi connectivity index (χ0n) is 13.8. The first-order valence-electron chi connectivity index (χ1n) is 8.20. The van der Waals surface area contributed by atoms with Gasteiger partial charge in [-0.2, -0.15) is 5.10 Å². The summed E-state index contributed by atoms with van der Waals surface area (Å²) in [5, 5.41) is 16.4. The Labute approximate surface area is 152 Å². The first-order valence-corrected chi connectivity index (χ1v) is 8.58. The van der Waals surface area contributed by atoms with E-state index in [1.165, 1.54) is 0 Å². The van der Waals surface area contributed by atoms with Crippen molar-refractivity contribution >= 4 is 23.8 Å². The zero-order chi connectivity index (χ0) is 17.6. The molecule has 0 aromatic heterocycles. The molecule has 0 aliphatic carbocycles. The average molecular weight is 358 g/mol. The van der Waals surface area contributed by atoms with Crippen LogP contribution in [0.1, 0.15) is 21.5 Å². The molecular formula is C19H20ClN3O2. The van der Waals surface area contributed by atoms with Gasteiger partial charge in [0.2, 0.25) is 0 Å². The van der Waals surface area contributed by atoms with Crippen LogP contribution in [0.15, 0.2) is 53.6 Å². The highest BCUT2D eigenvalue weighted by Gasteiger charge is 2.16. The maximum absolute atomic E-state index is 11.2. The second kappa shape index (κ2) is 8.14. The molecule has 0 amide bonds. The minimum Gasteiger partial charge on any atom is -0.478 e. The van der Waals surface area contributed by atoms with E-state index in [0.29, 0.717) is 5.56 Å². The fraction of sp³-hybridized carbons (Fsp3) is 0.263. The summed E-state index contributed by atoms with van der Waals surface area (Å²) in [4.78, 5) is 13.6. The molecule has 0 radical (unpaired) electrons. The number of carboxylic acid groups (broad SMARTS) is 1. The molecule has 1 N–H and O–H groups in total. The summed E-state index contributed by atoms with van der Waals surface area (Å²) in [6, 6.07) is 14.8. The topological polar surface area (TPSA) is 56.1 Å². The first kappa shape index (κ1) is 17.5. The van der Waals surface area contributed by atoms with E-state index in [1.54, 1.807) is 24.4 Å². The maximum atomic E-state index is 11.2. The number of halogens is 1. The van der Waals surface area contributed by atoms with Crippen molar-refractivity contribution in [3.63, 3.8) is 0 Å². The van der Waals surface area contributed by atoms with Crippen molar-refractivity contribution in [1.82, 2.24) is 9.91 Å². The Morgan fingerprint density at radius 1 is 1.08 bits per heavy atom. The number of aromatic carboxylic acids is 1. The highest BCUT2D eigenvalue weighted by molar-refractivity contribution is 6.31. The van der Waals surface area contributed by atoms with Gasteiger partial charge in [0.1, 0.15) is 0 Å². The van der Waals surface area contributed by atoms with Crippen LogP contribution in [0.5, 0.6) is 0 Å². The fourth-order valence-corrected chi connectivity index (χ4v) is 3.02. The van der Waals surface area contributed by atoms with Crippen LogP contribution in [0.3, 0.4) is 0 Å². The number of hydrogen-bond donors (Lipinski definition) is 1. The predicted octanol–water partition coefficient (Wildman–Crippen LogP) is 3.19. The van der Waals surface area contributed by atoms with Gasteiger partial charge in [-0.25, -0.2) is 4.79 Å². The molecule has 0 bridgehead atoms. The minimum absolute atomic E-state index is 0.267. The van der Waals surface area contributed by atoms with Crippen LogP contribution < -0.4 is 0 Å². The van der Waals surface area contributed by atoms with Crippen molar-refractivity contribution in [3.05, 3.63) is 70.2 Å². The summed E-state index contributed by atoms with van der Waals surface area (Å²) in [5.74, 6) is -0.938. The van der Waals surface area contributed by atoms with Crippen molar-refractivity contribution in [2.75, 3.05) is 26.2 Å². The molecule has 1 fully saturated rings. The van der Waals surface area contributed by atoms with Crippen LogP contribution in [-0.4, -0.2) is 53.4 Å². The van der Waals surface area contributed by atoms with E-state index < -0.39 is 5.97 Å². The summed E-state index contributed by atoms with van der Waals surface area (Å²) < 4.78 is 0. The average Bonchev–Trinajstić information content (AvgIpc) is 2.63. The Bertz CT molecular complexity index is 771. The molecule has 5 nitrogen and oxygen atoms in total. The number of piperazine rings is 1. The SMILES string of the molecule is O=C(O)c1ccccc1C=NN1CCN(Cc2ccccc2Cl)CC1. The number of benzene rings is 2. The van der Waals surface area contributed by atoms with Crippen molar-refractivity contribution in [2.45, 2.75) is 6.54 Å². The van der Waals surface area contributed by atoms with Gasteiger partial charge < -0.3 is 5.11 Å². The molecule has 1 heterocycles. The van der Waals surface area contributed by atoms with Gasteiger partial charge in [0.15, 0.2) is 0 Å². The highest BCUT2D eigenvalue weighted by atomic mass is 35.5. The largest absolute Gasteiger partial charge is 0.478 e. The monoisotopic (exact) mass is 357 g/mol. The van der Waals surface area contributed by atoms with Gasteiger partial charge in [-0.3, -0.25) is 9.91 Å². The Kier molecular flexibility index (Phi) is 5.68. The number of carboxylic acids is 1. The molecule has 1 aliphatic heterocycles. The van der Waals surface area contributed by atoms with E-state index in [2.05, 4.69) is 16.1 Å². The van der Waals surface area contributed by atoms with Crippen LogP contribution >= 0.6 is 11.6 Å². The number of hydrogen-bond acceptors (Lipinski definition) is 4. The summed E-state index contributed by atoms with van der Waals surface area (Å²) in [7, 11) is 0. The summed E-state index contributed by atoms with van der Waals surface area (Å²) in [6.07, 6.45) is 1.63. The van der Waals surface area contributed by atoms with E-state index in [-0.39, 0.29) is 5.56 Å². The zero-order valence-corrected chi connectivity index (χ0v) is 14.6. The summed E-state index contributed by atoms with van der Waals surface area (Å²) >= 11 is 6.22. The van der Waals surface area contributed by atoms with Gasteiger partial charge in [-0.1, -0.05) is 48.0 Å². The quantitative estimate of drug-likeness (QED) is 0.835. The lowest BCUT2D eigenvalue weighted by atomic mass is 10.1. The number of nitrogens with zero attached hydrogens (tertiary/aromatic N) is 3. The number of rotatable bonds is 5. The molecule has 0 spiro atoms. The standard InChI is InChI=1S/C19H20ClN3O2/c20-18-8-4-2-6-16(18)14-22-9-11-23(12-10-22)21-13-15-5-1-3-7-17(15)19(24)25/h1-8,13H,9-12,14H2,(H,24,25). The lowest BCUT2D eigenvalue weighted by Crippen LogP contribution is -2.43. The Morgan fingerprint density at radius 2 is 1.76 bits per heavy atom. The second-order valence-electron chi connectivity index (χ2n) is 5.96. The van der Waals surface area contributed by atoms with E-state index in [9.17, 15) is 9.90 Å². The second-order valence-corrected chi connectivity index (χ2v) is 6.37. The molecule has 0 atom stereocenters. The molecule has 3 rings (SSSR count). The van der Waals surface area contributed by atoms with Gasteiger partial charge in [-0.15, -0.1) is 0 Å². The smallest absolute Gasteiger partial charge is 0.336 e. The van der Waals surface area contributed by atoms with Crippen LogP contribution in [0, 0.1) is 0 Å². The van der Waals surface area contributed by atoms with E-state index >= 15 is 0 Å². The molecular weight excluding hydrogens is 338 g/mol. The van der Waals surface area contributed by atoms with E-state index in [1.807, 2.05) is 29.3 Å². The van der Waals surface area contributed by atoms with Crippen molar-refractivity contribution in [3.8, 4) is 0 Å². The van der Waals surface area contributed by atoms with Crippen molar-refractivity contribution in [1.29, 1.82) is 0 Å². The van der Waals surface area contributed by atoms with Gasteiger partial charge in [0, 0.05) is 43.3 Å². The van der Waals surface area contributed by atoms with Gasteiger partial charge in [0.05, 0.1) is 11.8 Å². The van der Waals surface area contributed by atoms with Crippen molar-refractivity contribution < 1.29 is 9.90 Å². The molecule has 2 aromatic carbocycles. The molecule has 1 saturated heterocycles. The van der Waals surface area contributed by atoms with Gasteiger partial charge >= 0.3 is 5.97 Å². The Morgan fingerprint density at radius 3 is 2.48 bits per heavy atom. The van der Waals surface area contributed by atoms with E-state index in [4.69, 9.17) is 11.6 Å². The third-order valence-corrected chi connectivity index (χ3v) is 4.62. The lowest BCUT2D eigenvalue weighted by molar-refractivity contribution is 0.0696. The minimum atomic E-state index is -0.938. The Hall–Kier alpha value is -2.37. The molecule has 0 saturated carbocycles. The Balaban J connectivity index is 1.56. The van der Waals surface area contributed by atoms with E-state index in [0.717, 1.165) is 43.3 Å². The summed E-state index contributed by atoms with van der Waals surface area (Å²) in [5.41, 5.74) is 2.02. The third kappa shape index (κ3) is 4.59. The molecule has 1 aliphatic rings. The van der Waals surface area contributed by atoms with Crippen molar-refractivity contribution in [2.24, 2.45) is 5.10 Å². The predicted molar refractivity (Wildman–Crippen MR) is 99.3 cm³/mol. The van der Waals surface area contributed by atoms with Gasteiger partial charge in [0.25, 0.3) is 0 Å². The molecule has 6 heteroatoms. The highest BCUT2D eigenvalue weighted by Crippen LogP contribution is 2.18. The van der Waals surface area contributed by atoms with Crippen LogP contribution in [0.25, 0.3) is 0 Å². The van der Waals surface area contributed by atoms with Crippen LogP contribution in [0.2, 0.25) is 5.02 Å². The fourth-order valence-electron chi connectivity index (χ4n) is 2.83. The lowest BCUT2D eigenvalue weighted by Gasteiger charge is -2.33. The maximum Gasteiger partial charge on any atom is 0.336 e.